The summed E-state index contributed by atoms with van der Waals surface area (Å²) in [6.07, 6.45) is 4.68. The molecule has 6 nitrogen and oxygen atoms in total. The molecule has 0 atom stereocenters. The maximum Gasteiger partial charge on any atom is 0.292 e. The van der Waals surface area contributed by atoms with Gasteiger partial charge in [-0.05, 0) is 18.1 Å². The van der Waals surface area contributed by atoms with E-state index in [4.69, 9.17) is 0 Å². The molecular weight excluding hydrogens is 288 g/mol. The van der Waals surface area contributed by atoms with E-state index in [0.717, 1.165) is 29.2 Å². The maximum absolute atomic E-state index is 11.0. The number of rotatable bonds is 7. The fourth-order valence-corrected chi connectivity index (χ4v) is 2.74. The van der Waals surface area contributed by atoms with Gasteiger partial charge < -0.3 is 5.32 Å². The minimum Gasteiger partial charge on any atom is -0.379 e. The van der Waals surface area contributed by atoms with Crippen molar-refractivity contribution in [3.63, 3.8) is 0 Å². The van der Waals surface area contributed by atoms with E-state index in [9.17, 15) is 10.1 Å². The first-order valence-electron chi connectivity index (χ1n) is 6.72. The van der Waals surface area contributed by atoms with Crippen LogP contribution < -0.4 is 5.32 Å². The Kier molecular flexibility index (Phi) is 5.21. The zero-order chi connectivity index (χ0) is 15.2. The second-order valence-electron chi connectivity index (χ2n) is 4.67. The number of aryl methyl sites for hydroxylation is 1. The number of nitrogens with zero attached hydrogens (tertiary/aromatic N) is 3. The van der Waals surface area contributed by atoms with Crippen LogP contribution in [0.25, 0.3) is 0 Å². The second-order valence-corrected chi connectivity index (χ2v) is 5.72. The first-order valence-corrected chi connectivity index (χ1v) is 7.71. The van der Waals surface area contributed by atoms with Crippen LogP contribution in [0.1, 0.15) is 18.9 Å². The van der Waals surface area contributed by atoms with Crippen LogP contribution in [0.15, 0.2) is 35.5 Å². The van der Waals surface area contributed by atoms with Gasteiger partial charge in [0.05, 0.1) is 11.1 Å². The number of nitro benzene ring substituents is 1. The van der Waals surface area contributed by atoms with Crippen LogP contribution in [-0.4, -0.2) is 21.2 Å². The van der Waals surface area contributed by atoms with Crippen molar-refractivity contribution in [2.24, 2.45) is 7.05 Å². The van der Waals surface area contributed by atoms with Crippen LogP contribution >= 0.6 is 11.8 Å². The molecule has 0 aliphatic heterocycles. The van der Waals surface area contributed by atoms with Crippen molar-refractivity contribution in [1.82, 2.24) is 9.78 Å². The standard InChI is InChI=1S/C14H18N4O2S/c1-3-6-15-13-7-11(4-5-14(13)18(19)20)10-21-12-8-16-17(2)9-12/h4-5,7-9,15H,3,6,10H2,1-2H3. The number of nitro groups is 1. The second kappa shape index (κ2) is 7.12. The lowest BCUT2D eigenvalue weighted by molar-refractivity contribution is -0.384. The van der Waals surface area contributed by atoms with Gasteiger partial charge in [0.25, 0.3) is 5.69 Å². The highest BCUT2D eigenvalue weighted by Crippen LogP contribution is 2.29. The highest BCUT2D eigenvalue weighted by atomic mass is 32.2. The Hall–Kier alpha value is -2.02. The van der Waals surface area contributed by atoms with Gasteiger partial charge in [0.1, 0.15) is 5.69 Å². The Morgan fingerprint density at radius 1 is 1.48 bits per heavy atom. The van der Waals surface area contributed by atoms with Gasteiger partial charge in [-0.15, -0.1) is 11.8 Å². The van der Waals surface area contributed by atoms with Crippen LogP contribution in [0.5, 0.6) is 0 Å². The third-order valence-corrected chi connectivity index (χ3v) is 3.93. The Bertz CT molecular complexity index is 627. The Morgan fingerprint density at radius 3 is 2.90 bits per heavy atom. The van der Waals surface area contributed by atoms with Gasteiger partial charge in [-0.1, -0.05) is 13.0 Å². The molecule has 0 aliphatic carbocycles. The summed E-state index contributed by atoms with van der Waals surface area (Å²) in [5.74, 6) is 0.754. The fraction of sp³-hybridized carbons (Fsp3) is 0.357. The zero-order valence-electron chi connectivity index (χ0n) is 12.1. The molecule has 1 heterocycles. The van der Waals surface area contributed by atoms with Crippen molar-refractivity contribution in [2.75, 3.05) is 11.9 Å². The molecule has 1 aromatic carbocycles. The van der Waals surface area contributed by atoms with Crippen molar-refractivity contribution in [1.29, 1.82) is 0 Å². The molecular formula is C14H18N4O2S. The quantitative estimate of drug-likeness (QED) is 0.482. The highest BCUT2D eigenvalue weighted by Gasteiger charge is 2.13. The van der Waals surface area contributed by atoms with Gasteiger partial charge in [-0.3, -0.25) is 14.8 Å². The lowest BCUT2D eigenvalue weighted by Crippen LogP contribution is -2.03. The molecule has 2 aromatic rings. The van der Waals surface area contributed by atoms with Gasteiger partial charge in [-0.25, -0.2) is 0 Å². The SMILES string of the molecule is CCCNc1cc(CSc2cnn(C)c2)ccc1[N+](=O)[O-]. The maximum atomic E-state index is 11.0. The fourth-order valence-electron chi connectivity index (χ4n) is 1.87. The molecule has 1 aromatic heterocycles. The molecule has 0 saturated carbocycles. The Balaban J connectivity index is 2.10. The summed E-state index contributed by atoms with van der Waals surface area (Å²) < 4.78 is 1.76. The van der Waals surface area contributed by atoms with E-state index in [2.05, 4.69) is 10.4 Å². The first-order chi connectivity index (χ1) is 10.1. The van der Waals surface area contributed by atoms with Gasteiger partial charge in [0.15, 0.2) is 0 Å². The number of aromatic nitrogens is 2. The van der Waals surface area contributed by atoms with Gasteiger partial charge in [-0.2, -0.15) is 5.10 Å². The lowest BCUT2D eigenvalue weighted by Gasteiger charge is -2.08. The number of anilines is 1. The van der Waals surface area contributed by atoms with E-state index in [1.54, 1.807) is 28.6 Å². The number of nitrogens with one attached hydrogen (secondary N) is 1. The lowest BCUT2D eigenvalue weighted by atomic mass is 10.2. The molecule has 2 rings (SSSR count). The van der Waals surface area contributed by atoms with Crippen LogP contribution in [0.3, 0.4) is 0 Å². The number of hydrogen-bond donors (Lipinski definition) is 1. The monoisotopic (exact) mass is 306 g/mol. The van der Waals surface area contributed by atoms with Crippen molar-refractivity contribution in [2.45, 2.75) is 24.0 Å². The van der Waals surface area contributed by atoms with Crippen molar-refractivity contribution >= 4 is 23.1 Å². The molecule has 0 saturated heterocycles. The Labute approximate surface area is 127 Å². The molecule has 0 spiro atoms. The normalized spacial score (nSPS) is 10.6. The van der Waals surface area contributed by atoms with E-state index in [1.165, 1.54) is 0 Å². The van der Waals surface area contributed by atoms with E-state index < -0.39 is 0 Å². The smallest absolute Gasteiger partial charge is 0.292 e. The Morgan fingerprint density at radius 2 is 2.29 bits per heavy atom. The summed E-state index contributed by atoms with van der Waals surface area (Å²) in [5, 5.41) is 18.3. The summed E-state index contributed by atoms with van der Waals surface area (Å²) in [4.78, 5) is 11.8. The number of benzene rings is 1. The van der Waals surface area contributed by atoms with Crippen LogP contribution in [0, 0.1) is 10.1 Å². The average Bonchev–Trinajstić information content (AvgIpc) is 2.88. The van der Waals surface area contributed by atoms with Crippen LogP contribution in [0.4, 0.5) is 11.4 Å². The molecule has 7 heteroatoms. The summed E-state index contributed by atoms with van der Waals surface area (Å²) in [5.41, 5.74) is 1.76. The van der Waals surface area contributed by atoms with Crippen molar-refractivity contribution in [3.8, 4) is 0 Å². The van der Waals surface area contributed by atoms with Crippen LogP contribution in [-0.2, 0) is 12.8 Å². The van der Waals surface area contributed by atoms with E-state index >= 15 is 0 Å². The van der Waals surface area contributed by atoms with Crippen LogP contribution in [0.2, 0.25) is 0 Å². The third kappa shape index (κ3) is 4.22. The summed E-state index contributed by atoms with van der Waals surface area (Å²) in [6, 6.07) is 5.23. The molecule has 0 aliphatic rings. The predicted molar refractivity (Wildman–Crippen MR) is 84.6 cm³/mol. The summed E-state index contributed by atoms with van der Waals surface area (Å²) in [6.45, 7) is 2.75. The predicted octanol–water partition coefficient (Wildman–Crippen LogP) is 3.44. The number of hydrogen-bond acceptors (Lipinski definition) is 5. The first kappa shape index (κ1) is 15.4. The molecule has 112 valence electrons. The van der Waals surface area contributed by atoms with E-state index in [-0.39, 0.29) is 10.6 Å². The molecule has 1 N–H and O–H groups in total. The molecule has 0 fully saturated rings. The number of thioether (sulfide) groups is 1. The molecule has 21 heavy (non-hydrogen) atoms. The van der Waals surface area contributed by atoms with E-state index in [0.29, 0.717) is 5.69 Å². The molecule has 0 bridgehead atoms. The minimum atomic E-state index is -0.351. The molecule has 0 radical (unpaired) electrons. The summed E-state index contributed by atoms with van der Waals surface area (Å²) >= 11 is 1.66. The van der Waals surface area contributed by atoms with Gasteiger partial charge >= 0.3 is 0 Å². The average molecular weight is 306 g/mol. The summed E-state index contributed by atoms with van der Waals surface area (Å²) in [7, 11) is 1.88. The third-order valence-electron chi connectivity index (χ3n) is 2.91. The van der Waals surface area contributed by atoms with Crippen molar-refractivity contribution < 1.29 is 4.92 Å². The van der Waals surface area contributed by atoms with Gasteiger partial charge in [0.2, 0.25) is 0 Å². The molecule has 0 unspecified atom stereocenters. The largest absolute Gasteiger partial charge is 0.379 e. The van der Waals surface area contributed by atoms with Gasteiger partial charge in [0, 0.05) is 36.5 Å². The molecule has 0 amide bonds. The van der Waals surface area contributed by atoms with Crippen molar-refractivity contribution in [3.05, 3.63) is 46.3 Å². The topological polar surface area (TPSA) is 73.0 Å². The highest BCUT2D eigenvalue weighted by molar-refractivity contribution is 7.98. The zero-order valence-corrected chi connectivity index (χ0v) is 12.9. The minimum absolute atomic E-state index is 0.124. The van der Waals surface area contributed by atoms with E-state index in [1.807, 2.05) is 32.4 Å².